The number of hydrogen-bond acceptors (Lipinski definition) is 3. The average Bonchev–Trinajstić information content (AvgIpc) is 2.59. The molecule has 1 saturated carbocycles. The quantitative estimate of drug-likeness (QED) is 0.806. The Morgan fingerprint density at radius 1 is 1.29 bits per heavy atom. The summed E-state index contributed by atoms with van der Waals surface area (Å²) in [4.78, 5) is 14.4. The van der Waals surface area contributed by atoms with E-state index in [1.54, 1.807) is 0 Å². The molecule has 1 fully saturated rings. The minimum absolute atomic E-state index is 0.0260. The minimum atomic E-state index is 0.0260. The van der Waals surface area contributed by atoms with Crippen LogP contribution in [0.4, 0.5) is 0 Å². The summed E-state index contributed by atoms with van der Waals surface area (Å²) in [6.45, 7) is 5.99. The van der Waals surface area contributed by atoms with Gasteiger partial charge in [-0.3, -0.25) is 4.79 Å². The monoisotopic (exact) mass is 331 g/mol. The zero-order valence-corrected chi connectivity index (χ0v) is 15.7. The third-order valence-corrected chi connectivity index (χ3v) is 5.46. The molecule has 2 N–H and O–H groups in total. The van der Waals surface area contributed by atoms with Crippen molar-refractivity contribution in [2.24, 2.45) is 0 Å². The maximum Gasteiger partial charge on any atom is 0.251 e. The zero-order valence-electron chi connectivity index (χ0n) is 15.7. The van der Waals surface area contributed by atoms with E-state index in [0.717, 1.165) is 25.1 Å². The first-order valence-electron chi connectivity index (χ1n) is 9.22. The number of benzene rings is 1. The predicted molar refractivity (Wildman–Crippen MR) is 100 cm³/mol. The Labute approximate surface area is 147 Å². The van der Waals surface area contributed by atoms with E-state index in [1.165, 1.54) is 31.2 Å². The van der Waals surface area contributed by atoms with E-state index < -0.39 is 0 Å². The second kappa shape index (κ2) is 8.63. The third kappa shape index (κ3) is 5.05. The van der Waals surface area contributed by atoms with Gasteiger partial charge in [0.15, 0.2) is 0 Å². The predicted octanol–water partition coefficient (Wildman–Crippen LogP) is 3.18. The maximum atomic E-state index is 12.1. The Hall–Kier alpha value is -1.39. The van der Waals surface area contributed by atoms with Crippen molar-refractivity contribution in [3.05, 3.63) is 35.4 Å². The average molecular weight is 332 g/mol. The van der Waals surface area contributed by atoms with Crippen LogP contribution < -0.4 is 10.6 Å². The molecule has 0 spiro atoms. The van der Waals surface area contributed by atoms with Crippen LogP contribution in [0.3, 0.4) is 0 Å². The van der Waals surface area contributed by atoms with E-state index >= 15 is 0 Å². The minimum Gasteiger partial charge on any atom is -0.352 e. The van der Waals surface area contributed by atoms with Gasteiger partial charge in [0.25, 0.3) is 5.91 Å². The van der Waals surface area contributed by atoms with Crippen LogP contribution in [-0.4, -0.2) is 43.0 Å². The summed E-state index contributed by atoms with van der Waals surface area (Å²) >= 11 is 0. The fraction of sp³-hybridized carbons (Fsp3) is 0.650. The summed E-state index contributed by atoms with van der Waals surface area (Å²) < 4.78 is 0. The molecule has 4 heteroatoms. The van der Waals surface area contributed by atoms with Crippen LogP contribution in [-0.2, 0) is 6.54 Å². The molecule has 1 aromatic carbocycles. The van der Waals surface area contributed by atoms with Gasteiger partial charge in [0.05, 0.1) is 0 Å². The topological polar surface area (TPSA) is 44.4 Å². The van der Waals surface area contributed by atoms with Gasteiger partial charge in [-0.15, -0.1) is 0 Å². The molecule has 0 bridgehead atoms. The van der Waals surface area contributed by atoms with Crippen molar-refractivity contribution in [2.75, 3.05) is 20.6 Å². The van der Waals surface area contributed by atoms with Gasteiger partial charge in [-0.25, -0.2) is 0 Å². The van der Waals surface area contributed by atoms with Gasteiger partial charge in [0.1, 0.15) is 0 Å². The highest BCUT2D eigenvalue weighted by atomic mass is 16.1. The molecule has 134 valence electrons. The first-order chi connectivity index (χ1) is 11.4. The van der Waals surface area contributed by atoms with E-state index in [9.17, 15) is 4.79 Å². The highest BCUT2D eigenvalue weighted by molar-refractivity contribution is 5.94. The summed E-state index contributed by atoms with van der Waals surface area (Å²) in [6, 6.07) is 8.54. The molecule has 1 aliphatic carbocycles. The first kappa shape index (κ1) is 18.9. The van der Waals surface area contributed by atoms with Crippen molar-refractivity contribution in [1.82, 2.24) is 15.5 Å². The van der Waals surface area contributed by atoms with Crippen LogP contribution in [0.15, 0.2) is 24.3 Å². The standard InChI is InChI=1S/C20H33N3O/c1-5-13-21-19(24)17-8-6-7-16(14-17)15-22-18-9-11-20(2,12-10-18)23(3)4/h6-8,14,18,22H,5,9-13,15H2,1-4H3,(H,21,24). The maximum absolute atomic E-state index is 12.1. The van der Waals surface area contributed by atoms with Crippen molar-refractivity contribution in [2.45, 2.75) is 64.1 Å². The molecule has 24 heavy (non-hydrogen) atoms. The summed E-state index contributed by atoms with van der Waals surface area (Å²) in [5, 5.41) is 6.61. The summed E-state index contributed by atoms with van der Waals surface area (Å²) in [5.41, 5.74) is 2.28. The molecule has 1 aromatic rings. The SMILES string of the molecule is CCCNC(=O)c1cccc(CNC2CCC(C)(N(C)C)CC2)c1. The fourth-order valence-corrected chi connectivity index (χ4v) is 3.32. The van der Waals surface area contributed by atoms with Gasteiger partial charge >= 0.3 is 0 Å². The van der Waals surface area contributed by atoms with Gasteiger partial charge in [-0.2, -0.15) is 0 Å². The Kier molecular flexibility index (Phi) is 6.81. The van der Waals surface area contributed by atoms with E-state index in [4.69, 9.17) is 0 Å². The molecule has 0 saturated heterocycles. The largest absolute Gasteiger partial charge is 0.352 e. The highest BCUT2D eigenvalue weighted by Gasteiger charge is 2.32. The zero-order chi connectivity index (χ0) is 17.6. The smallest absolute Gasteiger partial charge is 0.251 e. The summed E-state index contributed by atoms with van der Waals surface area (Å²) in [5.74, 6) is 0.0260. The van der Waals surface area contributed by atoms with Gasteiger partial charge in [-0.1, -0.05) is 19.1 Å². The number of carbonyl (C=O) groups excluding carboxylic acids is 1. The number of nitrogens with one attached hydrogen (secondary N) is 2. The molecule has 1 aliphatic rings. The molecule has 1 amide bonds. The van der Waals surface area contributed by atoms with E-state index in [2.05, 4.69) is 49.5 Å². The van der Waals surface area contributed by atoms with Gasteiger partial charge in [-0.05, 0) is 70.8 Å². The molecule has 0 radical (unpaired) electrons. The molecule has 2 rings (SSSR count). The number of hydrogen-bond donors (Lipinski definition) is 2. The molecular weight excluding hydrogens is 298 g/mol. The molecule has 0 heterocycles. The highest BCUT2D eigenvalue weighted by Crippen LogP contribution is 2.31. The Morgan fingerprint density at radius 3 is 2.62 bits per heavy atom. The summed E-state index contributed by atoms with van der Waals surface area (Å²) in [7, 11) is 4.37. The molecule has 0 unspecified atom stereocenters. The van der Waals surface area contributed by atoms with Crippen LogP contribution in [0.25, 0.3) is 0 Å². The lowest BCUT2D eigenvalue weighted by Gasteiger charge is -2.42. The number of amides is 1. The van der Waals surface area contributed by atoms with E-state index in [0.29, 0.717) is 11.6 Å². The van der Waals surface area contributed by atoms with Crippen LogP contribution in [0.1, 0.15) is 61.9 Å². The molecule has 4 nitrogen and oxygen atoms in total. The van der Waals surface area contributed by atoms with E-state index in [1.807, 2.05) is 18.2 Å². The van der Waals surface area contributed by atoms with Crippen molar-refractivity contribution in [1.29, 1.82) is 0 Å². The van der Waals surface area contributed by atoms with Gasteiger partial charge in [0.2, 0.25) is 0 Å². The van der Waals surface area contributed by atoms with Gasteiger partial charge in [0, 0.05) is 30.2 Å². The lowest BCUT2D eigenvalue weighted by atomic mass is 9.80. The van der Waals surface area contributed by atoms with Crippen LogP contribution in [0.5, 0.6) is 0 Å². The van der Waals surface area contributed by atoms with Gasteiger partial charge < -0.3 is 15.5 Å². The summed E-state index contributed by atoms with van der Waals surface area (Å²) in [6.07, 6.45) is 5.85. The van der Waals surface area contributed by atoms with Crippen molar-refractivity contribution in [3.63, 3.8) is 0 Å². The normalized spacial score (nSPS) is 24.1. The van der Waals surface area contributed by atoms with E-state index in [-0.39, 0.29) is 5.91 Å². The third-order valence-electron chi connectivity index (χ3n) is 5.46. The Balaban J connectivity index is 1.84. The fourth-order valence-electron chi connectivity index (χ4n) is 3.32. The molecule has 0 atom stereocenters. The van der Waals surface area contributed by atoms with Crippen LogP contribution in [0, 0.1) is 0 Å². The van der Waals surface area contributed by atoms with Crippen molar-refractivity contribution in [3.8, 4) is 0 Å². The van der Waals surface area contributed by atoms with Crippen LogP contribution in [0.2, 0.25) is 0 Å². The van der Waals surface area contributed by atoms with Crippen molar-refractivity contribution >= 4 is 5.91 Å². The van der Waals surface area contributed by atoms with Crippen LogP contribution >= 0.6 is 0 Å². The lowest BCUT2D eigenvalue weighted by molar-refractivity contribution is 0.0953. The Bertz CT molecular complexity index is 533. The molecule has 0 aromatic heterocycles. The Morgan fingerprint density at radius 2 is 2.00 bits per heavy atom. The van der Waals surface area contributed by atoms with Crippen molar-refractivity contribution < 1.29 is 4.79 Å². The lowest BCUT2D eigenvalue weighted by Crippen LogP contribution is -2.47. The second-order valence-corrected chi connectivity index (χ2v) is 7.50. The number of nitrogens with zero attached hydrogens (tertiary/aromatic N) is 1. The second-order valence-electron chi connectivity index (χ2n) is 7.50. The first-order valence-corrected chi connectivity index (χ1v) is 9.22. The number of rotatable bonds is 7. The molecular formula is C20H33N3O. The molecule has 0 aliphatic heterocycles. The number of carbonyl (C=O) groups is 1.